The highest BCUT2D eigenvalue weighted by Gasteiger charge is 2.19. The van der Waals surface area contributed by atoms with E-state index >= 15 is 0 Å². The van der Waals surface area contributed by atoms with E-state index in [1.807, 2.05) is 0 Å². The molecular formula is C8H17NO5S. The fourth-order valence-corrected chi connectivity index (χ4v) is 1.76. The fraction of sp³-hybridized carbons (Fsp3) is 0.875. The minimum Gasteiger partial charge on any atom is -0.480 e. The number of rotatable bonds is 7. The lowest BCUT2D eigenvalue weighted by atomic mass is 10.5. The van der Waals surface area contributed by atoms with Gasteiger partial charge in [0, 0.05) is 7.05 Å². The van der Waals surface area contributed by atoms with Crippen molar-refractivity contribution in [3.8, 4) is 0 Å². The molecule has 6 nitrogen and oxygen atoms in total. The minimum atomic E-state index is -3.52. The van der Waals surface area contributed by atoms with Crippen molar-refractivity contribution in [2.75, 3.05) is 26.0 Å². The topological polar surface area (TPSA) is 83.9 Å². The molecule has 0 atom stereocenters. The van der Waals surface area contributed by atoms with Crippen molar-refractivity contribution in [2.24, 2.45) is 0 Å². The summed E-state index contributed by atoms with van der Waals surface area (Å²) in [6.45, 7) is 3.15. The Morgan fingerprint density at radius 2 is 2.00 bits per heavy atom. The van der Waals surface area contributed by atoms with Gasteiger partial charge in [-0.2, -0.15) is 4.31 Å². The smallest absolute Gasteiger partial charge is 0.318 e. The van der Waals surface area contributed by atoms with Crippen LogP contribution in [0.15, 0.2) is 0 Å². The number of carboxylic acids is 1. The number of nitrogens with zero attached hydrogens (tertiary/aromatic N) is 1. The third-order valence-electron chi connectivity index (χ3n) is 1.63. The molecule has 0 unspecified atom stereocenters. The molecule has 7 heteroatoms. The molecule has 0 aliphatic rings. The number of hydrogen-bond donors (Lipinski definition) is 1. The second kappa shape index (κ2) is 6.04. The fourth-order valence-electron chi connectivity index (χ4n) is 0.834. The Labute approximate surface area is 89.9 Å². The Balaban J connectivity index is 4.12. The second-order valence-corrected chi connectivity index (χ2v) is 5.58. The van der Waals surface area contributed by atoms with Crippen LogP contribution in [-0.4, -0.2) is 55.9 Å². The van der Waals surface area contributed by atoms with E-state index in [4.69, 9.17) is 9.84 Å². The standard InChI is InChI=1S/C8H17NO5S/c1-7(2)14-4-5-15(12,13)9(3)6-8(10)11/h7H,4-6H2,1-3H3,(H,10,11). The summed E-state index contributed by atoms with van der Waals surface area (Å²) in [5, 5.41) is 8.42. The summed E-state index contributed by atoms with van der Waals surface area (Å²) in [4.78, 5) is 10.3. The Bertz CT molecular complexity index is 298. The monoisotopic (exact) mass is 239 g/mol. The van der Waals surface area contributed by atoms with Gasteiger partial charge in [0.05, 0.1) is 18.5 Å². The molecule has 90 valence electrons. The Kier molecular flexibility index (Phi) is 5.77. The Hall–Kier alpha value is -0.660. The van der Waals surface area contributed by atoms with E-state index in [0.717, 1.165) is 4.31 Å². The minimum absolute atomic E-state index is 0.0371. The number of hydrogen-bond acceptors (Lipinski definition) is 4. The largest absolute Gasteiger partial charge is 0.480 e. The van der Waals surface area contributed by atoms with Crippen molar-refractivity contribution >= 4 is 16.0 Å². The summed E-state index contributed by atoms with van der Waals surface area (Å²) in [7, 11) is -2.29. The number of aliphatic carboxylic acids is 1. The molecule has 0 aromatic heterocycles. The van der Waals surface area contributed by atoms with Gasteiger partial charge in [0.1, 0.15) is 6.54 Å². The third kappa shape index (κ3) is 6.43. The lowest BCUT2D eigenvalue weighted by Crippen LogP contribution is -2.35. The average Bonchev–Trinajstić information content (AvgIpc) is 2.01. The maximum Gasteiger partial charge on any atom is 0.318 e. The van der Waals surface area contributed by atoms with Crippen molar-refractivity contribution in [3.63, 3.8) is 0 Å². The van der Waals surface area contributed by atoms with Crippen LogP contribution in [0.3, 0.4) is 0 Å². The highest BCUT2D eigenvalue weighted by Crippen LogP contribution is 1.99. The SMILES string of the molecule is CC(C)OCCS(=O)(=O)N(C)CC(=O)O. The zero-order chi connectivity index (χ0) is 12.1. The van der Waals surface area contributed by atoms with Crippen LogP contribution in [-0.2, 0) is 19.6 Å². The molecule has 0 saturated carbocycles. The molecule has 0 saturated heterocycles. The second-order valence-electron chi connectivity index (χ2n) is 3.39. The van der Waals surface area contributed by atoms with Crippen molar-refractivity contribution in [3.05, 3.63) is 0 Å². The quantitative estimate of drug-likeness (QED) is 0.662. The Morgan fingerprint density at radius 1 is 1.47 bits per heavy atom. The number of ether oxygens (including phenoxy) is 1. The van der Waals surface area contributed by atoms with Crippen molar-refractivity contribution in [1.82, 2.24) is 4.31 Å². The van der Waals surface area contributed by atoms with E-state index in [0.29, 0.717) is 0 Å². The molecule has 0 aliphatic carbocycles. The van der Waals surface area contributed by atoms with E-state index in [1.165, 1.54) is 7.05 Å². The Morgan fingerprint density at radius 3 is 2.40 bits per heavy atom. The van der Waals surface area contributed by atoms with Crippen LogP contribution < -0.4 is 0 Å². The first kappa shape index (κ1) is 14.3. The summed E-state index contributed by atoms with van der Waals surface area (Å²) < 4.78 is 28.7. The first-order chi connectivity index (χ1) is 6.75. The maximum absolute atomic E-state index is 11.4. The van der Waals surface area contributed by atoms with Gasteiger partial charge in [-0.3, -0.25) is 4.79 Å². The third-order valence-corrected chi connectivity index (χ3v) is 3.39. The normalized spacial score (nSPS) is 12.3. The summed E-state index contributed by atoms with van der Waals surface area (Å²) >= 11 is 0. The van der Waals surface area contributed by atoms with Crippen LogP contribution >= 0.6 is 0 Å². The molecular weight excluding hydrogens is 222 g/mol. The van der Waals surface area contributed by atoms with Crippen molar-refractivity contribution in [2.45, 2.75) is 20.0 Å². The first-order valence-electron chi connectivity index (χ1n) is 4.53. The summed E-state index contributed by atoms with van der Waals surface area (Å²) in [6, 6.07) is 0. The van der Waals surface area contributed by atoms with Crippen LogP contribution in [0.4, 0.5) is 0 Å². The molecule has 0 aliphatic heterocycles. The predicted octanol–water partition coefficient (Wildman–Crippen LogP) is -0.242. The number of carboxylic acid groups (broad SMARTS) is 1. The van der Waals surface area contributed by atoms with Gasteiger partial charge in [-0.25, -0.2) is 8.42 Å². The highest BCUT2D eigenvalue weighted by molar-refractivity contribution is 7.89. The first-order valence-corrected chi connectivity index (χ1v) is 6.14. The molecule has 0 spiro atoms. The van der Waals surface area contributed by atoms with Gasteiger partial charge in [-0.05, 0) is 13.8 Å². The zero-order valence-corrected chi connectivity index (χ0v) is 9.95. The van der Waals surface area contributed by atoms with E-state index < -0.39 is 22.5 Å². The van der Waals surface area contributed by atoms with Gasteiger partial charge >= 0.3 is 5.97 Å². The maximum atomic E-state index is 11.4. The molecule has 0 radical (unpaired) electrons. The zero-order valence-electron chi connectivity index (χ0n) is 9.13. The molecule has 0 heterocycles. The van der Waals surface area contributed by atoms with Gasteiger partial charge in [-0.15, -0.1) is 0 Å². The number of carbonyl (C=O) groups is 1. The molecule has 0 aromatic rings. The number of likely N-dealkylation sites (N-methyl/N-ethyl adjacent to an activating group) is 1. The summed E-state index contributed by atoms with van der Waals surface area (Å²) in [5.74, 6) is -1.37. The van der Waals surface area contributed by atoms with Gasteiger partial charge in [0.2, 0.25) is 10.0 Å². The molecule has 15 heavy (non-hydrogen) atoms. The lowest BCUT2D eigenvalue weighted by molar-refractivity contribution is -0.137. The molecule has 0 fully saturated rings. The van der Waals surface area contributed by atoms with Gasteiger partial charge in [0.25, 0.3) is 0 Å². The van der Waals surface area contributed by atoms with Crippen LogP contribution in [0.5, 0.6) is 0 Å². The van der Waals surface area contributed by atoms with E-state index in [1.54, 1.807) is 13.8 Å². The van der Waals surface area contributed by atoms with Crippen LogP contribution in [0.25, 0.3) is 0 Å². The van der Waals surface area contributed by atoms with Crippen LogP contribution in [0, 0.1) is 0 Å². The van der Waals surface area contributed by atoms with Crippen LogP contribution in [0.2, 0.25) is 0 Å². The summed E-state index contributed by atoms with van der Waals surface area (Å²) in [6.07, 6.45) is -0.0371. The molecule has 0 aromatic carbocycles. The van der Waals surface area contributed by atoms with Crippen molar-refractivity contribution in [1.29, 1.82) is 0 Å². The van der Waals surface area contributed by atoms with E-state index in [-0.39, 0.29) is 18.5 Å². The van der Waals surface area contributed by atoms with Gasteiger partial charge in [0.15, 0.2) is 0 Å². The summed E-state index contributed by atoms with van der Waals surface area (Å²) in [5.41, 5.74) is 0. The highest BCUT2D eigenvalue weighted by atomic mass is 32.2. The van der Waals surface area contributed by atoms with Crippen molar-refractivity contribution < 1.29 is 23.1 Å². The molecule has 0 amide bonds. The van der Waals surface area contributed by atoms with E-state index in [9.17, 15) is 13.2 Å². The average molecular weight is 239 g/mol. The molecule has 0 bridgehead atoms. The molecule has 1 N–H and O–H groups in total. The number of sulfonamides is 1. The van der Waals surface area contributed by atoms with Gasteiger partial charge < -0.3 is 9.84 Å². The molecule has 0 rings (SSSR count). The lowest BCUT2D eigenvalue weighted by Gasteiger charge is -2.15. The van der Waals surface area contributed by atoms with Gasteiger partial charge in [-0.1, -0.05) is 0 Å². The van der Waals surface area contributed by atoms with Crippen LogP contribution in [0.1, 0.15) is 13.8 Å². The van der Waals surface area contributed by atoms with E-state index in [2.05, 4.69) is 0 Å². The predicted molar refractivity (Wildman–Crippen MR) is 55.1 cm³/mol.